The SMILES string of the molecule is CCN(C(=O)CC(C)C1CCCNC1)C(C)CS(C)(=O)=O. The lowest BCUT2D eigenvalue weighted by molar-refractivity contribution is -0.133. The first-order chi connectivity index (χ1) is 9.74. The zero-order valence-corrected chi connectivity index (χ0v) is 14.6. The molecule has 3 unspecified atom stereocenters. The largest absolute Gasteiger partial charge is 0.339 e. The molecule has 124 valence electrons. The van der Waals surface area contributed by atoms with E-state index in [1.807, 2.05) is 13.8 Å². The molecule has 0 aliphatic carbocycles. The second-order valence-electron chi connectivity index (χ2n) is 6.41. The molecule has 1 fully saturated rings. The third kappa shape index (κ3) is 6.34. The van der Waals surface area contributed by atoms with Gasteiger partial charge in [0.05, 0.1) is 5.75 Å². The topological polar surface area (TPSA) is 66.5 Å². The Morgan fingerprint density at radius 1 is 1.38 bits per heavy atom. The minimum atomic E-state index is -3.06. The van der Waals surface area contributed by atoms with E-state index in [1.165, 1.54) is 19.1 Å². The van der Waals surface area contributed by atoms with Crippen LogP contribution >= 0.6 is 0 Å². The Kier molecular flexibility index (Phi) is 7.13. The summed E-state index contributed by atoms with van der Waals surface area (Å²) in [6.07, 6.45) is 4.07. The molecule has 21 heavy (non-hydrogen) atoms. The van der Waals surface area contributed by atoms with Gasteiger partial charge in [-0.15, -0.1) is 0 Å². The maximum Gasteiger partial charge on any atom is 0.223 e. The summed E-state index contributed by atoms with van der Waals surface area (Å²) in [5.41, 5.74) is 0. The van der Waals surface area contributed by atoms with Crippen molar-refractivity contribution in [3.05, 3.63) is 0 Å². The molecule has 0 radical (unpaired) electrons. The standard InChI is InChI=1S/C15H30N2O3S/c1-5-17(13(3)11-21(4,19)20)15(18)9-12(2)14-7-6-8-16-10-14/h12-14,16H,5-11H2,1-4H3. The monoisotopic (exact) mass is 318 g/mol. The zero-order chi connectivity index (χ0) is 16.0. The van der Waals surface area contributed by atoms with Crippen molar-refractivity contribution in [1.29, 1.82) is 0 Å². The molecule has 5 nitrogen and oxygen atoms in total. The molecule has 6 heteroatoms. The van der Waals surface area contributed by atoms with Crippen LogP contribution in [0.4, 0.5) is 0 Å². The number of amides is 1. The van der Waals surface area contributed by atoms with Crippen molar-refractivity contribution in [2.75, 3.05) is 31.6 Å². The van der Waals surface area contributed by atoms with Crippen LogP contribution in [0.5, 0.6) is 0 Å². The average molecular weight is 318 g/mol. The number of nitrogens with zero attached hydrogens (tertiary/aromatic N) is 1. The van der Waals surface area contributed by atoms with Crippen LogP contribution in [0.1, 0.15) is 40.0 Å². The third-order valence-electron chi connectivity index (χ3n) is 4.37. The molecular formula is C15H30N2O3S. The highest BCUT2D eigenvalue weighted by atomic mass is 32.2. The van der Waals surface area contributed by atoms with Crippen LogP contribution in [0.25, 0.3) is 0 Å². The van der Waals surface area contributed by atoms with Gasteiger partial charge in [0.2, 0.25) is 5.91 Å². The predicted octanol–water partition coefficient (Wildman–Crippen LogP) is 1.29. The van der Waals surface area contributed by atoms with Crippen LogP contribution in [0.2, 0.25) is 0 Å². The van der Waals surface area contributed by atoms with Crippen molar-refractivity contribution >= 4 is 15.7 Å². The molecule has 0 saturated carbocycles. The lowest BCUT2D eigenvalue weighted by Gasteiger charge is -2.32. The summed E-state index contributed by atoms with van der Waals surface area (Å²) in [7, 11) is -3.06. The second kappa shape index (κ2) is 8.13. The summed E-state index contributed by atoms with van der Waals surface area (Å²) >= 11 is 0. The summed E-state index contributed by atoms with van der Waals surface area (Å²) in [6, 6.07) is -0.255. The fourth-order valence-corrected chi connectivity index (χ4v) is 4.24. The molecule has 1 amide bonds. The Morgan fingerprint density at radius 2 is 2.05 bits per heavy atom. The molecule has 1 saturated heterocycles. The second-order valence-corrected chi connectivity index (χ2v) is 8.59. The average Bonchev–Trinajstić information content (AvgIpc) is 2.38. The molecule has 1 rings (SSSR count). The fraction of sp³-hybridized carbons (Fsp3) is 0.933. The van der Waals surface area contributed by atoms with Gasteiger partial charge in [-0.05, 0) is 51.6 Å². The van der Waals surface area contributed by atoms with Crippen LogP contribution in [-0.2, 0) is 14.6 Å². The summed E-state index contributed by atoms with van der Waals surface area (Å²) in [6.45, 7) is 8.47. The van der Waals surface area contributed by atoms with Gasteiger partial charge < -0.3 is 10.2 Å². The summed E-state index contributed by atoms with van der Waals surface area (Å²) in [4.78, 5) is 14.2. The smallest absolute Gasteiger partial charge is 0.223 e. The third-order valence-corrected chi connectivity index (χ3v) is 5.46. The summed E-state index contributed by atoms with van der Waals surface area (Å²) in [5.74, 6) is 0.995. The highest BCUT2D eigenvalue weighted by molar-refractivity contribution is 7.90. The number of hydrogen-bond donors (Lipinski definition) is 1. The van der Waals surface area contributed by atoms with E-state index in [4.69, 9.17) is 0 Å². The van der Waals surface area contributed by atoms with Gasteiger partial charge in [-0.25, -0.2) is 8.42 Å². The lowest BCUT2D eigenvalue weighted by Crippen LogP contribution is -2.43. The fourth-order valence-electron chi connectivity index (χ4n) is 3.19. The minimum absolute atomic E-state index is 0.0337. The number of sulfone groups is 1. The maximum atomic E-state index is 12.5. The van der Waals surface area contributed by atoms with Gasteiger partial charge in [0, 0.05) is 25.3 Å². The molecular weight excluding hydrogens is 288 g/mol. The van der Waals surface area contributed by atoms with Crippen LogP contribution < -0.4 is 5.32 Å². The summed E-state index contributed by atoms with van der Waals surface area (Å²) < 4.78 is 22.8. The van der Waals surface area contributed by atoms with Gasteiger partial charge in [0.15, 0.2) is 0 Å². The molecule has 0 aromatic carbocycles. The predicted molar refractivity (Wildman–Crippen MR) is 85.9 cm³/mol. The number of piperidine rings is 1. The van der Waals surface area contributed by atoms with Crippen molar-refractivity contribution < 1.29 is 13.2 Å². The molecule has 0 spiro atoms. The van der Waals surface area contributed by atoms with E-state index in [2.05, 4.69) is 12.2 Å². The molecule has 1 N–H and O–H groups in total. The van der Waals surface area contributed by atoms with Crippen molar-refractivity contribution in [2.45, 2.75) is 46.1 Å². The van der Waals surface area contributed by atoms with Crippen molar-refractivity contribution in [3.63, 3.8) is 0 Å². The maximum absolute atomic E-state index is 12.5. The Bertz CT molecular complexity index is 430. The number of carbonyl (C=O) groups excluding carboxylic acids is 1. The van der Waals surface area contributed by atoms with E-state index in [-0.39, 0.29) is 17.7 Å². The number of nitrogens with one attached hydrogen (secondary N) is 1. The Morgan fingerprint density at radius 3 is 2.52 bits per heavy atom. The highest BCUT2D eigenvalue weighted by Gasteiger charge is 2.26. The summed E-state index contributed by atoms with van der Waals surface area (Å²) in [5, 5.41) is 3.38. The number of carbonyl (C=O) groups is 1. The first-order valence-electron chi connectivity index (χ1n) is 7.92. The van der Waals surface area contributed by atoms with Gasteiger partial charge in [0.1, 0.15) is 9.84 Å². The Hall–Kier alpha value is -0.620. The van der Waals surface area contributed by atoms with Crippen molar-refractivity contribution in [2.24, 2.45) is 11.8 Å². The van der Waals surface area contributed by atoms with Crippen LogP contribution in [0.15, 0.2) is 0 Å². The highest BCUT2D eigenvalue weighted by Crippen LogP contribution is 2.23. The first-order valence-corrected chi connectivity index (χ1v) is 9.98. The minimum Gasteiger partial charge on any atom is -0.339 e. The lowest BCUT2D eigenvalue weighted by atomic mass is 9.85. The van der Waals surface area contributed by atoms with Gasteiger partial charge in [0.25, 0.3) is 0 Å². The number of hydrogen-bond acceptors (Lipinski definition) is 4. The quantitative estimate of drug-likeness (QED) is 0.768. The van der Waals surface area contributed by atoms with Crippen LogP contribution in [0, 0.1) is 11.8 Å². The van der Waals surface area contributed by atoms with Gasteiger partial charge >= 0.3 is 0 Å². The number of rotatable bonds is 7. The van der Waals surface area contributed by atoms with E-state index in [9.17, 15) is 13.2 Å². The van der Waals surface area contributed by atoms with Crippen LogP contribution in [-0.4, -0.2) is 56.9 Å². The molecule has 3 atom stereocenters. The zero-order valence-electron chi connectivity index (χ0n) is 13.8. The van der Waals surface area contributed by atoms with E-state index < -0.39 is 9.84 Å². The van der Waals surface area contributed by atoms with Gasteiger partial charge in [-0.1, -0.05) is 6.92 Å². The molecule has 1 aliphatic rings. The Labute approximate surface area is 129 Å². The van der Waals surface area contributed by atoms with Gasteiger partial charge in [-0.3, -0.25) is 4.79 Å². The first kappa shape index (κ1) is 18.4. The van der Waals surface area contributed by atoms with Gasteiger partial charge in [-0.2, -0.15) is 0 Å². The van der Waals surface area contributed by atoms with Crippen molar-refractivity contribution in [1.82, 2.24) is 10.2 Å². The molecule has 0 aromatic heterocycles. The van der Waals surface area contributed by atoms with Crippen LogP contribution in [0.3, 0.4) is 0 Å². The molecule has 1 heterocycles. The normalized spacial score (nSPS) is 22.6. The van der Waals surface area contributed by atoms with E-state index in [1.54, 1.807) is 4.90 Å². The Balaban J connectivity index is 2.57. The van der Waals surface area contributed by atoms with Crippen molar-refractivity contribution in [3.8, 4) is 0 Å². The molecule has 0 bridgehead atoms. The van der Waals surface area contributed by atoms with E-state index >= 15 is 0 Å². The van der Waals surface area contributed by atoms with E-state index in [0.29, 0.717) is 24.8 Å². The molecule has 0 aromatic rings. The van der Waals surface area contributed by atoms with E-state index in [0.717, 1.165) is 13.1 Å². The molecule has 1 aliphatic heterocycles.